The maximum atomic E-state index is 10.3. The predicted molar refractivity (Wildman–Crippen MR) is 65.4 cm³/mol. The van der Waals surface area contributed by atoms with Crippen molar-refractivity contribution in [3.05, 3.63) is 48.6 Å². The van der Waals surface area contributed by atoms with Crippen LogP contribution < -0.4 is 0 Å². The highest BCUT2D eigenvalue weighted by molar-refractivity contribution is 5.20. The van der Waals surface area contributed by atoms with E-state index in [2.05, 4.69) is 6.58 Å². The number of benzene rings is 1. The van der Waals surface area contributed by atoms with Crippen LogP contribution in [0, 0.1) is 0 Å². The highest BCUT2D eigenvalue weighted by Gasteiger charge is 2.43. The minimum atomic E-state index is -0.707. The van der Waals surface area contributed by atoms with Crippen LogP contribution in [0.3, 0.4) is 0 Å². The molecule has 92 valence electrons. The van der Waals surface area contributed by atoms with Gasteiger partial charge in [0.2, 0.25) is 0 Å². The fraction of sp³-hybridized carbons (Fsp3) is 0.429. The second kappa shape index (κ2) is 4.61. The van der Waals surface area contributed by atoms with Crippen LogP contribution in [0.4, 0.5) is 0 Å². The van der Waals surface area contributed by atoms with Crippen molar-refractivity contribution in [3.63, 3.8) is 0 Å². The molecule has 0 radical (unpaired) electrons. The van der Waals surface area contributed by atoms with E-state index in [1.807, 2.05) is 44.2 Å². The molecule has 1 heterocycles. The van der Waals surface area contributed by atoms with Crippen LogP contribution in [-0.4, -0.2) is 23.1 Å². The number of aliphatic hydroxyl groups is 1. The van der Waals surface area contributed by atoms with E-state index in [1.165, 1.54) is 0 Å². The molecule has 2 rings (SSSR count). The van der Waals surface area contributed by atoms with E-state index in [9.17, 15) is 5.11 Å². The first-order valence-electron chi connectivity index (χ1n) is 5.75. The Balaban J connectivity index is 2.19. The van der Waals surface area contributed by atoms with Crippen molar-refractivity contribution in [1.82, 2.24) is 0 Å². The summed E-state index contributed by atoms with van der Waals surface area (Å²) in [5.41, 5.74) is 0.825. The topological polar surface area (TPSA) is 38.7 Å². The molecule has 3 nitrogen and oxygen atoms in total. The number of hydrogen-bond donors (Lipinski definition) is 1. The Morgan fingerprint density at radius 3 is 2.53 bits per heavy atom. The standard InChI is InChI=1S/C14H18O3/c1-4-11-13(17-14(2,3)16-11)12(15)10-8-6-5-7-9-10/h4-9,11-13,15H,1H2,2-3H3/t11-,12+,13-/m1/s1. The fourth-order valence-corrected chi connectivity index (χ4v) is 2.08. The lowest BCUT2D eigenvalue weighted by Gasteiger charge is -2.21. The number of rotatable bonds is 3. The molecule has 0 amide bonds. The van der Waals surface area contributed by atoms with E-state index in [-0.39, 0.29) is 6.10 Å². The Kier molecular flexibility index (Phi) is 3.33. The molecule has 0 aliphatic carbocycles. The van der Waals surface area contributed by atoms with E-state index >= 15 is 0 Å². The molecule has 1 N–H and O–H groups in total. The second-order valence-electron chi connectivity index (χ2n) is 4.66. The average Bonchev–Trinajstić information content (AvgIpc) is 2.65. The minimum Gasteiger partial charge on any atom is -0.386 e. The molecule has 0 unspecified atom stereocenters. The molecule has 0 aromatic heterocycles. The van der Waals surface area contributed by atoms with Gasteiger partial charge < -0.3 is 14.6 Å². The third kappa shape index (κ3) is 2.57. The van der Waals surface area contributed by atoms with Crippen LogP contribution in [0.25, 0.3) is 0 Å². The number of hydrogen-bond acceptors (Lipinski definition) is 3. The molecule has 0 spiro atoms. The molecule has 1 saturated heterocycles. The average molecular weight is 234 g/mol. The SMILES string of the molecule is C=C[C@H]1OC(C)(C)O[C@H]1[C@@H](O)c1ccccc1. The number of aliphatic hydroxyl groups excluding tert-OH is 1. The van der Waals surface area contributed by atoms with Gasteiger partial charge in [0.25, 0.3) is 0 Å². The van der Waals surface area contributed by atoms with Crippen molar-refractivity contribution in [2.45, 2.75) is 37.9 Å². The zero-order valence-electron chi connectivity index (χ0n) is 10.2. The van der Waals surface area contributed by atoms with Crippen LogP contribution in [0.1, 0.15) is 25.5 Å². The lowest BCUT2D eigenvalue weighted by Crippen LogP contribution is -2.28. The molecule has 17 heavy (non-hydrogen) atoms. The van der Waals surface area contributed by atoms with E-state index in [1.54, 1.807) is 6.08 Å². The molecule has 0 saturated carbocycles. The Bertz CT molecular complexity index is 386. The zero-order valence-corrected chi connectivity index (χ0v) is 10.2. The Hall–Kier alpha value is -1.16. The van der Waals surface area contributed by atoms with Gasteiger partial charge in [-0.1, -0.05) is 36.4 Å². The summed E-state index contributed by atoms with van der Waals surface area (Å²) in [4.78, 5) is 0. The molecule has 1 aromatic rings. The summed E-state index contributed by atoms with van der Waals surface area (Å²) in [7, 11) is 0. The van der Waals surface area contributed by atoms with Crippen LogP contribution in [0.5, 0.6) is 0 Å². The van der Waals surface area contributed by atoms with Crippen molar-refractivity contribution in [1.29, 1.82) is 0 Å². The summed E-state index contributed by atoms with van der Waals surface area (Å²) in [6.45, 7) is 7.39. The van der Waals surface area contributed by atoms with Gasteiger partial charge in [0.05, 0.1) is 0 Å². The van der Waals surface area contributed by atoms with Gasteiger partial charge in [-0.25, -0.2) is 0 Å². The smallest absolute Gasteiger partial charge is 0.164 e. The highest BCUT2D eigenvalue weighted by atomic mass is 16.8. The van der Waals surface area contributed by atoms with Crippen molar-refractivity contribution in [3.8, 4) is 0 Å². The predicted octanol–water partition coefficient (Wildman–Crippen LogP) is 2.43. The van der Waals surface area contributed by atoms with Crippen LogP contribution >= 0.6 is 0 Å². The maximum Gasteiger partial charge on any atom is 0.164 e. The van der Waals surface area contributed by atoms with Crippen molar-refractivity contribution >= 4 is 0 Å². The molecule has 1 aliphatic heterocycles. The van der Waals surface area contributed by atoms with Gasteiger partial charge in [0.15, 0.2) is 5.79 Å². The summed E-state index contributed by atoms with van der Waals surface area (Å²) in [6, 6.07) is 9.45. The molecule has 1 aromatic carbocycles. The van der Waals surface area contributed by atoms with E-state index in [0.29, 0.717) is 0 Å². The van der Waals surface area contributed by atoms with Crippen LogP contribution in [0.2, 0.25) is 0 Å². The summed E-state index contributed by atoms with van der Waals surface area (Å²) >= 11 is 0. The van der Waals surface area contributed by atoms with E-state index < -0.39 is 18.0 Å². The van der Waals surface area contributed by atoms with Crippen molar-refractivity contribution in [2.75, 3.05) is 0 Å². The summed E-state index contributed by atoms with van der Waals surface area (Å²) in [5.74, 6) is -0.681. The van der Waals surface area contributed by atoms with Gasteiger partial charge >= 0.3 is 0 Å². The highest BCUT2D eigenvalue weighted by Crippen LogP contribution is 2.35. The summed E-state index contributed by atoms with van der Waals surface area (Å²) < 4.78 is 11.4. The first-order chi connectivity index (χ1) is 8.03. The first kappa shape index (κ1) is 12.3. The summed E-state index contributed by atoms with van der Waals surface area (Å²) in [6.07, 6.45) is 0.261. The molecule has 1 fully saturated rings. The minimum absolute atomic E-state index is 0.291. The maximum absolute atomic E-state index is 10.3. The lowest BCUT2D eigenvalue weighted by molar-refractivity contribution is -0.153. The monoisotopic (exact) mass is 234 g/mol. The van der Waals surface area contributed by atoms with Gasteiger partial charge in [0, 0.05) is 0 Å². The Labute approximate surface area is 102 Å². The molecule has 3 atom stereocenters. The van der Waals surface area contributed by atoms with Crippen LogP contribution in [0.15, 0.2) is 43.0 Å². The van der Waals surface area contributed by atoms with Gasteiger partial charge in [-0.15, -0.1) is 6.58 Å². The van der Waals surface area contributed by atoms with Crippen LogP contribution in [-0.2, 0) is 9.47 Å². The molecule has 1 aliphatic rings. The molecule has 3 heteroatoms. The molecular formula is C14H18O3. The van der Waals surface area contributed by atoms with E-state index in [0.717, 1.165) is 5.56 Å². The molecule has 0 bridgehead atoms. The van der Waals surface area contributed by atoms with E-state index in [4.69, 9.17) is 9.47 Å². The van der Waals surface area contributed by atoms with Crippen molar-refractivity contribution in [2.24, 2.45) is 0 Å². The largest absolute Gasteiger partial charge is 0.386 e. The van der Waals surface area contributed by atoms with Gasteiger partial charge in [0.1, 0.15) is 18.3 Å². The zero-order chi connectivity index (χ0) is 12.5. The van der Waals surface area contributed by atoms with Gasteiger partial charge in [-0.05, 0) is 19.4 Å². The van der Waals surface area contributed by atoms with Gasteiger partial charge in [-0.3, -0.25) is 0 Å². The normalized spacial score (nSPS) is 28.9. The molecular weight excluding hydrogens is 216 g/mol. The summed E-state index contributed by atoms with van der Waals surface area (Å²) in [5, 5.41) is 10.3. The Morgan fingerprint density at radius 1 is 1.29 bits per heavy atom. The van der Waals surface area contributed by atoms with Crippen molar-refractivity contribution < 1.29 is 14.6 Å². The third-order valence-electron chi connectivity index (χ3n) is 2.85. The lowest BCUT2D eigenvalue weighted by atomic mass is 10.0. The Morgan fingerprint density at radius 2 is 1.94 bits per heavy atom. The second-order valence-corrected chi connectivity index (χ2v) is 4.66. The fourth-order valence-electron chi connectivity index (χ4n) is 2.08. The number of ether oxygens (including phenoxy) is 2. The third-order valence-corrected chi connectivity index (χ3v) is 2.85. The first-order valence-corrected chi connectivity index (χ1v) is 5.75. The quantitative estimate of drug-likeness (QED) is 0.816. The van der Waals surface area contributed by atoms with Gasteiger partial charge in [-0.2, -0.15) is 0 Å².